The molecule has 20 heavy (non-hydrogen) atoms. The Morgan fingerprint density at radius 2 is 1.95 bits per heavy atom. The number of benzene rings is 2. The molecular formula is C16H16ClN3. The Kier molecular flexibility index (Phi) is 3.47. The molecule has 102 valence electrons. The van der Waals surface area contributed by atoms with Crippen molar-refractivity contribution in [3.05, 3.63) is 65.4 Å². The van der Waals surface area contributed by atoms with E-state index >= 15 is 0 Å². The lowest BCUT2D eigenvalue weighted by atomic mass is 10.0. The molecular weight excluding hydrogens is 270 g/mol. The summed E-state index contributed by atoms with van der Waals surface area (Å²) in [7, 11) is 0. The highest BCUT2D eigenvalue weighted by molar-refractivity contribution is 6.30. The van der Waals surface area contributed by atoms with Crippen molar-refractivity contribution in [3.63, 3.8) is 0 Å². The molecule has 1 heterocycles. The van der Waals surface area contributed by atoms with Gasteiger partial charge >= 0.3 is 0 Å². The summed E-state index contributed by atoms with van der Waals surface area (Å²) in [5.41, 5.74) is 9.35. The minimum atomic E-state index is -0.0499. The van der Waals surface area contributed by atoms with E-state index in [-0.39, 0.29) is 12.1 Å². The maximum atomic E-state index is 6.21. The predicted molar refractivity (Wildman–Crippen MR) is 83.0 cm³/mol. The molecule has 1 aromatic heterocycles. The van der Waals surface area contributed by atoms with Gasteiger partial charge in [0.15, 0.2) is 0 Å². The number of fused-ring (bicyclic) bond motifs is 1. The molecule has 0 saturated heterocycles. The maximum absolute atomic E-state index is 6.21. The Labute approximate surface area is 123 Å². The fourth-order valence-corrected chi connectivity index (χ4v) is 2.81. The molecule has 0 spiro atoms. The van der Waals surface area contributed by atoms with Gasteiger partial charge in [0.05, 0.1) is 23.4 Å². The number of hydrogen-bond donors (Lipinski definition) is 1. The highest BCUT2D eigenvalue weighted by Gasteiger charge is 2.20. The van der Waals surface area contributed by atoms with Crippen LogP contribution in [0.25, 0.3) is 11.0 Å². The van der Waals surface area contributed by atoms with Gasteiger partial charge in [-0.3, -0.25) is 0 Å². The van der Waals surface area contributed by atoms with Crippen LogP contribution >= 0.6 is 11.6 Å². The number of aromatic nitrogens is 2. The molecule has 3 aromatic rings. The van der Waals surface area contributed by atoms with E-state index < -0.39 is 0 Å². The molecule has 2 atom stereocenters. The number of para-hydroxylation sites is 2. The third kappa shape index (κ3) is 2.30. The minimum absolute atomic E-state index is 0.0149. The van der Waals surface area contributed by atoms with E-state index in [1.807, 2.05) is 49.6 Å². The Bertz CT molecular complexity index is 733. The van der Waals surface area contributed by atoms with Crippen LogP contribution < -0.4 is 5.73 Å². The Balaban J connectivity index is 2.16. The summed E-state index contributed by atoms with van der Waals surface area (Å²) < 4.78 is 2.12. The van der Waals surface area contributed by atoms with E-state index in [0.29, 0.717) is 0 Å². The fraction of sp³-hybridized carbons (Fsp3) is 0.188. The summed E-state index contributed by atoms with van der Waals surface area (Å²) in [4.78, 5) is 4.44. The Morgan fingerprint density at radius 1 is 1.15 bits per heavy atom. The van der Waals surface area contributed by atoms with Gasteiger partial charge in [-0.1, -0.05) is 35.9 Å². The number of halogens is 1. The molecule has 0 aliphatic rings. The summed E-state index contributed by atoms with van der Waals surface area (Å²) in [6.45, 7) is 2.00. The molecule has 0 saturated carbocycles. The van der Waals surface area contributed by atoms with Gasteiger partial charge in [-0.05, 0) is 36.8 Å². The van der Waals surface area contributed by atoms with E-state index in [2.05, 4.69) is 21.7 Å². The summed E-state index contributed by atoms with van der Waals surface area (Å²) in [5, 5.41) is 0.720. The first kappa shape index (κ1) is 13.2. The SMILES string of the molecule is CC(N)C(c1cccc(Cl)c1)n1cnc2ccccc21. The van der Waals surface area contributed by atoms with Crippen molar-refractivity contribution in [3.8, 4) is 0 Å². The average molecular weight is 286 g/mol. The van der Waals surface area contributed by atoms with Crippen LogP contribution in [0.4, 0.5) is 0 Å². The number of nitrogens with zero attached hydrogens (tertiary/aromatic N) is 2. The van der Waals surface area contributed by atoms with Gasteiger partial charge in [0.1, 0.15) is 0 Å². The van der Waals surface area contributed by atoms with Crippen LogP contribution in [0.15, 0.2) is 54.9 Å². The highest BCUT2D eigenvalue weighted by Crippen LogP contribution is 2.27. The summed E-state index contributed by atoms with van der Waals surface area (Å²) in [6, 6.07) is 15.9. The second-order valence-corrected chi connectivity index (χ2v) is 5.44. The van der Waals surface area contributed by atoms with Crippen LogP contribution in [-0.2, 0) is 0 Å². The van der Waals surface area contributed by atoms with E-state index in [9.17, 15) is 0 Å². The Hall–Kier alpha value is -1.84. The second kappa shape index (κ2) is 5.27. The lowest BCUT2D eigenvalue weighted by molar-refractivity contribution is 0.507. The number of rotatable bonds is 3. The van der Waals surface area contributed by atoms with Crippen molar-refractivity contribution in [2.24, 2.45) is 5.73 Å². The van der Waals surface area contributed by atoms with Gasteiger partial charge in [0.2, 0.25) is 0 Å². The lowest BCUT2D eigenvalue weighted by Gasteiger charge is -2.24. The summed E-state index contributed by atoms with van der Waals surface area (Å²) in [6.07, 6.45) is 1.85. The zero-order valence-electron chi connectivity index (χ0n) is 11.2. The van der Waals surface area contributed by atoms with Crippen LogP contribution in [0.2, 0.25) is 5.02 Å². The zero-order chi connectivity index (χ0) is 14.1. The van der Waals surface area contributed by atoms with Crippen LogP contribution in [0.5, 0.6) is 0 Å². The van der Waals surface area contributed by atoms with Gasteiger partial charge in [-0.15, -0.1) is 0 Å². The molecule has 2 N–H and O–H groups in total. The average Bonchev–Trinajstić information content (AvgIpc) is 2.83. The van der Waals surface area contributed by atoms with Gasteiger partial charge < -0.3 is 10.3 Å². The van der Waals surface area contributed by atoms with Gasteiger partial charge in [-0.25, -0.2) is 4.98 Å². The Morgan fingerprint density at radius 3 is 2.70 bits per heavy atom. The van der Waals surface area contributed by atoms with E-state index in [0.717, 1.165) is 21.6 Å². The van der Waals surface area contributed by atoms with Crippen molar-refractivity contribution in [2.45, 2.75) is 19.0 Å². The molecule has 0 amide bonds. The smallest absolute Gasteiger partial charge is 0.0964 e. The van der Waals surface area contributed by atoms with Crippen molar-refractivity contribution < 1.29 is 0 Å². The second-order valence-electron chi connectivity index (χ2n) is 5.00. The van der Waals surface area contributed by atoms with E-state index in [1.54, 1.807) is 0 Å². The van der Waals surface area contributed by atoms with Crippen LogP contribution in [0.3, 0.4) is 0 Å². The first-order chi connectivity index (χ1) is 9.66. The van der Waals surface area contributed by atoms with Gasteiger partial charge in [0, 0.05) is 11.1 Å². The third-order valence-corrected chi connectivity index (χ3v) is 3.70. The number of nitrogens with two attached hydrogens (primary N) is 1. The van der Waals surface area contributed by atoms with Gasteiger partial charge in [-0.2, -0.15) is 0 Å². The molecule has 0 radical (unpaired) electrons. The normalized spacial score (nSPS) is 14.3. The topological polar surface area (TPSA) is 43.8 Å². The van der Waals surface area contributed by atoms with Gasteiger partial charge in [0.25, 0.3) is 0 Å². The standard InChI is InChI=1S/C16H16ClN3/c1-11(18)16(12-5-4-6-13(17)9-12)20-10-19-14-7-2-3-8-15(14)20/h2-11,16H,18H2,1H3. The van der Waals surface area contributed by atoms with Crippen LogP contribution in [-0.4, -0.2) is 15.6 Å². The predicted octanol–water partition coefficient (Wildman–Crippen LogP) is 3.63. The molecule has 2 aromatic carbocycles. The molecule has 3 nitrogen and oxygen atoms in total. The van der Waals surface area contributed by atoms with Crippen molar-refractivity contribution in [2.75, 3.05) is 0 Å². The van der Waals surface area contributed by atoms with E-state index in [4.69, 9.17) is 17.3 Å². The molecule has 0 bridgehead atoms. The minimum Gasteiger partial charge on any atom is -0.326 e. The number of hydrogen-bond acceptors (Lipinski definition) is 2. The molecule has 2 unspecified atom stereocenters. The molecule has 0 aliphatic carbocycles. The quantitative estimate of drug-likeness (QED) is 0.799. The van der Waals surface area contributed by atoms with Crippen molar-refractivity contribution >= 4 is 22.6 Å². The largest absolute Gasteiger partial charge is 0.326 e. The number of imidazole rings is 1. The first-order valence-electron chi connectivity index (χ1n) is 6.59. The maximum Gasteiger partial charge on any atom is 0.0964 e. The molecule has 4 heteroatoms. The third-order valence-electron chi connectivity index (χ3n) is 3.47. The first-order valence-corrected chi connectivity index (χ1v) is 6.97. The lowest BCUT2D eigenvalue weighted by Crippen LogP contribution is -2.29. The van der Waals surface area contributed by atoms with Crippen LogP contribution in [0, 0.1) is 0 Å². The summed E-state index contributed by atoms with van der Waals surface area (Å²) >= 11 is 6.11. The fourth-order valence-electron chi connectivity index (χ4n) is 2.61. The highest BCUT2D eigenvalue weighted by atomic mass is 35.5. The van der Waals surface area contributed by atoms with Crippen molar-refractivity contribution in [1.29, 1.82) is 0 Å². The molecule has 0 fully saturated rings. The monoisotopic (exact) mass is 285 g/mol. The summed E-state index contributed by atoms with van der Waals surface area (Å²) in [5.74, 6) is 0. The van der Waals surface area contributed by atoms with Crippen LogP contribution in [0.1, 0.15) is 18.5 Å². The molecule has 0 aliphatic heterocycles. The van der Waals surface area contributed by atoms with E-state index in [1.165, 1.54) is 0 Å². The zero-order valence-corrected chi connectivity index (χ0v) is 12.0. The van der Waals surface area contributed by atoms with Crippen molar-refractivity contribution in [1.82, 2.24) is 9.55 Å². The molecule has 3 rings (SSSR count).